The average molecular weight is 376 g/mol. The van der Waals surface area contributed by atoms with Crippen molar-refractivity contribution in [1.29, 1.82) is 0 Å². The molecule has 24 heavy (non-hydrogen) atoms. The molecule has 1 aliphatic rings. The van der Waals surface area contributed by atoms with E-state index < -0.39 is 4.92 Å². The Morgan fingerprint density at radius 1 is 1.29 bits per heavy atom. The number of para-hydroxylation sites is 1. The number of furan rings is 1. The Bertz CT molecular complexity index is 873. The van der Waals surface area contributed by atoms with E-state index in [2.05, 4.69) is 0 Å². The summed E-state index contributed by atoms with van der Waals surface area (Å²) in [6, 6.07) is 9.96. The van der Waals surface area contributed by atoms with Gasteiger partial charge in [0, 0.05) is 12.6 Å². The first-order chi connectivity index (χ1) is 11.5. The highest BCUT2D eigenvalue weighted by molar-refractivity contribution is 8.27. The maximum atomic E-state index is 11.1. The Labute approximate surface area is 153 Å². The molecule has 2 aromatic rings. The highest BCUT2D eigenvalue weighted by Crippen LogP contribution is 2.35. The van der Waals surface area contributed by atoms with E-state index in [1.165, 1.54) is 17.8 Å². The van der Waals surface area contributed by atoms with Gasteiger partial charge in [-0.2, -0.15) is 0 Å². The summed E-state index contributed by atoms with van der Waals surface area (Å²) in [4.78, 5) is 14.1. The van der Waals surface area contributed by atoms with Gasteiger partial charge in [-0.1, -0.05) is 48.3 Å². The molecule has 0 aliphatic carbocycles. The average Bonchev–Trinajstić information content (AvgIpc) is 3.13. The first-order valence-electron chi connectivity index (χ1n) is 7.10. The molecule has 1 aromatic carbocycles. The first kappa shape index (κ1) is 16.8. The second-order valence-electron chi connectivity index (χ2n) is 4.90. The normalized spacial score (nSPS) is 16.2. The predicted molar refractivity (Wildman–Crippen MR) is 104 cm³/mol. The third-order valence-electron chi connectivity index (χ3n) is 3.46. The van der Waals surface area contributed by atoms with E-state index in [0.717, 1.165) is 15.8 Å². The Balaban J connectivity index is 1.93. The molecule has 0 saturated carbocycles. The molecule has 0 bridgehead atoms. The number of thioether (sulfide) groups is 1. The monoisotopic (exact) mass is 376 g/mol. The van der Waals surface area contributed by atoms with Crippen LogP contribution >= 0.6 is 36.2 Å². The number of nitro groups is 1. The second-order valence-corrected chi connectivity index (χ2v) is 6.96. The van der Waals surface area contributed by atoms with Crippen LogP contribution in [0.15, 0.2) is 45.7 Å². The second kappa shape index (κ2) is 6.84. The van der Waals surface area contributed by atoms with Crippen LogP contribution in [-0.4, -0.2) is 25.7 Å². The van der Waals surface area contributed by atoms with Crippen LogP contribution in [0.1, 0.15) is 12.7 Å². The van der Waals surface area contributed by atoms with Gasteiger partial charge in [0.25, 0.3) is 5.69 Å². The van der Waals surface area contributed by atoms with E-state index in [1.54, 1.807) is 30.3 Å². The number of likely N-dealkylation sites (N-methyl/N-ethyl adjacent to an activating group) is 1. The molecule has 3 rings (SSSR count). The SMILES string of the molecule is CCN1C(=S)S/C(=C/c2ccc(-c3ccccc3[N+](=O)[O-])o2)C1=S. The van der Waals surface area contributed by atoms with Crippen molar-refractivity contribution in [2.24, 2.45) is 0 Å². The van der Waals surface area contributed by atoms with Crippen molar-refractivity contribution in [3.05, 3.63) is 57.2 Å². The van der Waals surface area contributed by atoms with Crippen molar-refractivity contribution >= 4 is 57.3 Å². The molecule has 0 unspecified atom stereocenters. The van der Waals surface area contributed by atoms with Crippen molar-refractivity contribution in [3.8, 4) is 11.3 Å². The van der Waals surface area contributed by atoms with Crippen LogP contribution in [0.4, 0.5) is 5.69 Å². The number of hydrogen-bond donors (Lipinski definition) is 0. The van der Waals surface area contributed by atoms with Gasteiger partial charge in [0.2, 0.25) is 0 Å². The van der Waals surface area contributed by atoms with Crippen LogP contribution in [-0.2, 0) is 0 Å². The number of hydrogen-bond acceptors (Lipinski definition) is 6. The van der Waals surface area contributed by atoms with Gasteiger partial charge >= 0.3 is 0 Å². The zero-order chi connectivity index (χ0) is 17.3. The molecule has 0 spiro atoms. The van der Waals surface area contributed by atoms with Crippen LogP contribution < -0.4 is 0 Å². The number of nitrogens with zero attached hydrogens (tertiary/aromatic N) is 2. The van der Waals surface area contributed by atoms with Crippen LogP contribution in [0.5, 0.6) is 0 Å². The molecule has 0 atom stereocenters. The molecule has 0 radical (unpaired) electrons. The Hall–Kier alpha value is -2.03. The molecule has 0 amide bonds. The molecule has 5 nitrogen and oxygen atoms in total. The summed E-state index contributed by atoms with van der Waals surface area (Å²) in [6.07, 6.45) is 1.81. The highest BCUT2D eigenvalue weighted by Gasteiger charge is 2.27. The lowest BCUT2D eigenvalue weighted by Gasteiger charge is -2.12. The Morgan fingerprint density at radius 3 is 2.71 bits per heavy atom. The molecular formula is C16H12N2O3S3. The minimum absolute atomic E-state index is 0.00940. The molecule has 1 aromatic heterocycles. The topological polar surface area (TPSA) is 59.5 Å². The molecule has 2 heterocycles. The van der Waals surface area contributed by atoms with Gasteiger partial charge in [-0.05, 0) is 31.2 Å². The van der Waals surface area contributed by atoms with E-state index in [-0.39, 0.29) is 5.69 Å². The molecular weight excluding hydrogens is 364 g/mol. The fourth-order valence-electron chi connectivity index (χ4n) is 2.32. The minimum atomic E-state index is -0.421. The largest absolute Gasteiger partial charge is 0.456 e. The van der Waals surface area contributed by atoms with Gasteiger partial charge in [0.05, 0.1) is 15.4 Å². The lowest BCUT2D eigenvalue weighted by molar-refractivity contribution is -0.384. The van der Waals surface area contributed by atoms with E-state index >= 15 is 0 Å². The summed E-state index contributed by atoms with van der Waals surface area (Å²) in [5, 5.41) is 11.1. The third-order valence-corrected chi connectivity index (χ3v) is 5.42. The maximum absolute atomic E-state index is 11.1. The fourth-order valence-corrected chi connectivity index (χ4v) is 4.22. The van der Waals surface area contributed by atoms with E-state index in [1.807, 2.05) is 17.9 Å². The van der Waals surface area contributed by atoms with Crippen molar-refractivity contribution in [3.63, 3.8) is 0 Å². The van der Waals surface area contributed by atoms with Crippen LogP contribution in [0.2, 0.25) is 0 Å². The lowest BCUT2D eigenvalue weighted by Crippen LogP contribution is -2.25. The zero-order valence-electron chi connectivity index (χ0n) is 12.6. The van der Waals surface area contributed by atoms with Gasteiger partial charge in [0.15, 0.2) is 0 Å². The number of rotatable bonds is 4. The van der Waals surface area contributed by atoms with Crippen molar-refractivity contribution < 1.29 is 9.34 Å². The van der Waals surface area contributed by atoms with E-state index in [9.17, 15) is 10.1 Å². The lowest BCUT2D eigenvalue weighted by atomic mass is 10.1. The van der Waals surface area contributed by atoms with E-state index in [0.29, 0.717) is 22.1 Å². The van der Waals surface area contributed by atoms with Crippen molar-refractivity contribution in [1.82, 2.24) is 4.90 Å². The minimum Gasteiger partial charge on any atom is -0.456 e. The highest BCUT2D eigenvalue weighted by atomic mass is 32.2. The van der Waals surface area contributed by atoms with E-state index in [4.69, 9.17) is 28.9 Å². The summed E-state index contributed by atoms with van der Waals surface area (Å²) >= 11 is 12.1. The first-order valence-corrected chi connectivity index (χ1v) is 8.73. The predicted octanol–water partition coefficient (Wildman–Crippen LogP) is 4.88. The molecule has 1 aliphatic heterocycles. The van der Waals surface area contributed by atoms with Crippen LogP contribution in [0.25, 0.3) is 17.4 Å². The summed E-state index contributed by atoms with van der Waals surface area (Å²) in [5.41, 5.74) is 0.453. The molecule has 1 fully saturated rings. The molecule has 1 saturated heterocycles. The van der Waals surface area contributed by atoms with Gasteiger partial charge in [0.1, 0.15) is 20.8 Å². The smallest absolute Gasteiger partial charge is 0.280 e. The van der Waals surface area contributed by atoms with Crippen LogP contribution in [0, 0.1) is 10.1 Å². The number of thiocarbonyl (C=S) groups is 2. The fraction of sp³-hybridized carbons (Fsp3) is 0.125. The standard InChI is InChI=1S/C16H12N2O3S3/c1-2-17-15(22)14(24-16(17)23)9-10-7-8-13(21-10)11-5-3-4-6-12(11)18(19)20/h3-9H,2H2,1H3/b14-9+. The summed E-state index contributed by atoms with van der Waals surface area (Å²) < 4.78 is 6.48. The molecule has 122 valence electrons. The maximum Gasteiger partial charge on any atom is 0.280 e. The number of nitro benzene ring substituents is 1. The van der Waals surface area contributed by atoms with Gasteiger partial charge < -0.3 is 9.32 Å². The van der Waals surface area contributed by atoms with Gasteiger partial charge in [-0.25, -0.2) is 0 Å². The Morgan fingerprint density at radius 2 is 2.04 bits per heavy atom. The molecule has 8 heteroatoms. The van der Waals surface area contributed by atoms with Gasteiger partial charge in [-0.15, -0.1) is 0 Å². The van der Waals surface area contributed by atoms with Crippen LogP contribution in [0.3, 0.4) is 0 Å². The van der Waals surface area contributed by atoms with Crippen molar-refractivity contribution in [2.75, 3.05) is 6.54 Å². The quantitative estimate of drug-likeness (QED) is 0.326. The molecule has 0 N–H and O–H groups in total. The zero-order valence-corrected chi connectivity index (χ0v) is 15.0. The third kappa shape index (κ3) is 3.12. The summed E-state index contributed by atoms with van der Waals surface area (Å²) in [5.74, 6) is 1.02. The summed E-state index contributed by atoms with van der Waals surface area (Å²) in [7, 11) is 0. The van der Waals surface area contributed by atoms with Crippen molar-refractivity contribution in [2.45, 2.75) is 6.92 Å². The van der Waals surface area contributed by atoms with Gasteiger partial charge in [-0.3, -0.25) is 10.1 Å². The Kier molecular flexibility index (Phi) is 4.79. The number of benzene rings is 1. The summed E-state index contributed by atoms with van der Waals surface area (Å²) in [6.45, 7) is 2.71.